The molecule has 1 saturated heterocycles. The molecule has 0 unspecified atom stereocenters. The van der Waals surface area contributed by atoms with Crippen LogP contribution in [0, 0.1) is 6.92 Å². The Balaban J connectivity index is 1.42. The molecule has 0 radical (unpaired) electrons. The van der Waals surface area contributed by atoms with E-state index in [2.05, 4.69) is 30.4 Å². The second kappa shape index (κ2) is 9.51. The third-order valence-corrected chi connectivity index (χ3v) is 5.73. The largest absolute Gasteiger partial charge is 0.479 e. The maximum atomic E-state index is 5.53. The molecule has 9 heteroatoms. The molecule has 0 atom stereocenters. The van der Waals surface area contributed by atoms with Gasteiger partial charge in [0.1, 0.15) is 0 Å². The fraction of sp³-hybridized carbons (Fsp3) is 0.333. The van der Waals surface area contributed by atoms with Gasteiger partial charge in [-0.2, -0.15) is 0 Å². The lowest BCUT2D eigenvalue weighted by Gasteiger charge is -2.26. The fourth-order valence-corrected chi connectivity index (χ4v) is 4.00. The van der Waals surface area contributed by atoms with Crippen LogP contribution in [0.15, 0.2) is 42.6 Å². The first-order valence-corrected chi connectivity index (χ1v) is 11.1. The van der Waals surface area contributed by atoms with Crippen molar-refractivity contribution in [3.63, 3.8) is 0 Å². The molecule has 1 aliphatic rings. The Morgan fingerprint density at radius 2 is 1.97 bits per heavy atom. The molecule has 9 nitrogen and oxygen atoms in total. The normalized spacial score (nSPS) is 14.5. The number of ether oxygens (including phenoxy) is 2. The van der Waals surface area contributed by atoms with E-state index in [0.29, 0.717) is 5.88 Å². The molecular formula is C24H27N7O2. The van der Waals surface area contributed by atoms with Crippen LogP contribution >= 0.6 is 0 Å². The minimum Gasteiger partial charge on any atom is -0.479 e. The minimum atomic E-state index is 0.480. The first kappa shape index (κ1) is 21.3. The zero-order valence-corrected chi connectivity index (χ0v) is 18.8. The van der Waals surface area contributed by atoms with Gasteiger partial charge in [-0.25, -0.2) is 4.98 Å². The molecule has 5 heterocycles. The first-order chi connectivity index (χ1) is 16.2. The van der Waals surface area contributed by atoms with Crippen LogP contribution in [-0.2, 0) is 4.74 Å². The summed E-state index contributed by atoms with van der Waals surface area (Å²) in [5.74, 6) is 0.480. The van der Waals surface area contributed by atoms with Crippen molar-refractivity contribution in [3.05, 3.63) is 48.3 Å². The van der Waals surface area contributed by atoms with Crippen molar-refractivity contribution in [1.29, 1.82) is 0 Å². The summed E-state index contributed by atoms with van der Waals surface area (Å²) < 4.78 is 10.9. The van der Waals surface area contributed by atoms with Gasteiger partial charge < -0.3 is 14.8 Å². The molecule has 0 saturated carbocycles. The number of hydrogen-bond donors (Lipinski definition) is 2. The minimum absolute atomic E-state index is 0.480. The van der Waals surface area contributed by atoms with Gasteiger partial charge in [0.15, 0.2) is 0 Å². The second-order valence-electron chi connectivity index (χ2n) is 7.99. The van der Waals surface area contributed by atoms with Gasteiger partial charge in [0.2, 0.25) is 5.88 Å². The van der Waals surface area contributed by atoms with Crippen molar-refractivity contribution in [2.45, 2.75) is 6.92 Å². The van der Waals surface area contributed by atoms with Crippen LogP contribution in [0.3, 0.4) is 0 Å². The highest BCUT2D eigenvalue weighted by molar-refractivity contribution is 5.86. The molecule has 0 aromatic carbocycles. The second-order valence-corrected chi connectivity index (χ2v) is 7.99. The third kappa shape index (κ3) is 4.64. The molecule has 0 amide bonds. The van der Waals surface area contributed by atoms with E-state index in [4.69, 9.17) is 14.5 Å². The van der Waals surface area contributed by atoms with Crippen LogP contribution in [-0.4, -0.2) is 76.6 Å². The number of aromatic amines is 1. The SMILES string of the molecule is COc1n[nH]c(-c2cccc(C)n2)c1-c1ccc2ncc(NCCN3CCOCC3)cc2n1. The van der Waals surface area contributed by atoms with Crippen molar-refractivity contribution >= 4 is 16.7 Å². The van der Waals surface area contributed by atoms with Gasteiger partial charge in [-0.3, -0.25) is 20.0 Å². The van der Waals surface area contributed by atoms with E-state index in [1.54, 1.807) is 7.11 Å². The molecule has 5 rings (SSSR count). The Hall–Kier alpha value is -3.56. The van der Waals surface area contributed by atoms with Crippen molar-refractivity contribution in [3.8, 4) is 28.5 Å². The van der Waals surface area contributed by atoms with E-state index in [9.17, 15) is 0 Å². The Bertz CT molecular complexity index is 1250. The topological polar surface area (TPSA) is 101 Å². The van der Waals surface area contributed by atoms with Crippen molar-refractivity contribution < 1.29 is 9.47 Å². The van der Waals surface area contributed by atoms with Gasteiger partial charge in [0.25, 0.3) is 0 Å². The summed E-state index contributed by atoms with van der Waals surface area (Å²) in [5, 5.41) is 10.9. The van der Waals surface area contributed by atoms with Crippen molar-refractivity contribution in [2.24, 2.45) is 0 Å². The summed E-state index contributed by atoms with van der Waals surface area (Å²) in [6.45, 7) is 7.34. The third-order valence-electron chi connectivity index (χ3n) is 5.73. The summed E-state index contributed by atoms with van der Waals surface area (Å²) in [7, 11) is 1.60. The monoisotopic (exact) mass is 445 g/mol. The lowest BCUT2D eigenvalue weighted by molar-refractivity contribution is 0.0398. The van der Waals surface area contributed by atoms with Gasteiger partial charge in [-0.1, -0.05) is 6.07 Å². The standard InChI is InChI=1S/C24H27N7O2/c1-16-4-3-5-20(27-16)23-22(24(32-2)30-29-23)19-7-6-18-21(28-19)14-17(15-26-18)25-8-9-31-10-12-33-13-11-31/h3-7,14-15,25H,8-13H2,1-2H3,(H,29,30). The number of morpholine rings is 1. The van der Waals surface area contributed by atoms with E-state index in [0.717, 1.165) is 84.5 Å². The van der Waals surface area contributed by atoms with E-state index < -0.39 is 0 Å². The van der Waals surface area contributed by atoms with Gasteiger partial charge in [-0.15, -0.1) is 5.10 Å². The van der Waals surface area contributed by atoms with Crippen LogP contribution in [0.1, 0.15) is 5.69 Å². The average molecular weight is 446 g/mol. The highest BCUT2D eigenvalue weighted by Gasteiger charge is 2.20. The number of anilines is 1. The molecule has 0 spiro atoms. The molecule has 4 aromatic heterocycles. The number of nitrogens with zero attached hydrogens (tertiary/aromatic N) is 5. The predicted octanol–water partition coefficient (Wildman–Crippen LogP) is 3.14. The summed E-state index contributed by atoms with van der Waals surface area (Å²) in [4.78, 5) is 16.5. The molecule has 1 aliphatic heterocycles. The van der Waals surface area contributed by atoms with Gasteiger partial charge in [-0.05, 0) is 37.3 Å². The van der Waals surface area contributed by atoms with Crippen LogP contribution in [0.25, 0.3) is 33.7 Å². The summed E-state index contributed by atoms with van der Waals surface area (Å²) >= 11 is 0. The number of aryl methyl sites for hydroxylation is 1. The summed E-state index contributed by atoms with van der Waals surface area (Å²) in [5.41, 5.74) is 6.59. The van der Waals surface area contributed by atoms with Crippen LogP contribution in [0.5, 0.6) is 5.88 Å². The van der Waals surface area contributed by atoms with Gasteiger partial charge in [0.05, 0.1) is 65.9 Å². The van der Waals surface area contributed by atoms with E-state index in [1.807, 2.05) is 49.5 Å². The molecule has 2 N–H and O–H groups in total. The van der Waals surface area contributed by atoms with E-state index in [1.165, 1.54) is 0 Å². The van der Waals surface area contributed by atoms with Gasteiger partial charge >= 0.3 is 0 Å². The summed E-state index contributed by atoms with van der Waals surface area (Å²) in [6, 6.07) is 11.8. The average Bonchev–Trinajstić information content (AvgIpc) is 3.28. The van der Waals surface area contributed by atoms with Crippen molar-refractivity contribution in [1.82, 2.24) is 30.0 Å². The number of rotatable bonds is 7. The molecule has 0 bridgehead atoms. The number of methoxy groups -OCH3 is 1. The Morgan fingerprint density at radius 1 is 1.09 bits per heavy atom. The molecule has 4 aromatic rings. The number of nitrogens with one attached hydrogen (secondary N) is 2. The van der Waals surface area contributed by atoms with Crippen LogP contribution < -0.4 is 10.1 Å². The maximum absolute atomic E-state index is 5.53. The highest BCUT2D eigenvalue weighted by atomic mass is 16.5. The summed E-state index contributed by atoms with van der Waals surface area (Å²) in [6.07, 6.45) is 1.85. The smallest absolute Gasteiger partial charge is 0.242 e. The number of hydrogen-bond acceptors (Lipinski definition) is 8. The Morgan fingerprint density at radius 3 is 2.79 bits per heavy atom. The molecule has 0 aliphatic carbocycles. The highest BCUT2D eigenvalue weighted by Crippen LogP contribution is 2.36. The molecule has 33 heavy (non-hydrogen) atoms. The number of pyridine rings is 3. The zero-order valence-electron chi connectivity index (χ0n) is 18.8. The van der Waals surface area contributed by atoms with Gasteiger partial charge in [0, 0.05) is 31.9 Å². The lowest BCUT2D eigenvalue weighted by Crippen LogP contribution is -2.39. The molecule has 1 fully saturated rings. The van der Waals surface area contributed by atoms with Crippen LogP contribution in [0.2, 0.25) is 0 Å². The number of fused-ring (bicyclic) bond motifs is 1. The molecule has 170 valence electrons. The lowest BCUT2D eigenvalue weighted by atomic mass is 10.1. The number of H-pyrrole nitrogens is 1. The van der Waals surface area contributed by atoms with E-state index >= 15 is 0 Å². The molecular weight excluding hydrogens is 418 g/mol. The van der Waals surface area contributed by atoms with Crippen LogP contribution in [0.4, 0.5) is 5.69 Å². The number of aromatic nitrogens is 5. The van der Waals surface area contributed by atoms with Crippen molar-refractivity contribution in [2.75, 3.05) is 51.8 Å². The predicted molar refractivity (Wildman–Crippen MR) is 127 cm³/mol. The Kier molecular flexibility index (Phi) is 6.14. The zero-order chi connectivity index (χ0) is 22.6. The maximum Gasteiger partial charge on any atom is 0.242 e. The quantitative estimate of drug-likeness (QED) is 0.447. The Labute approximate surface area is 192 Å². The fourth-order valence-electron chi connectivity index (χ4n) is 4.00. The van der Waals surface area contributed by atoms with E-state index in [-0.39, 0.29) is 0 Å². The first-order valence-electron chi connectivity index (χ1n) is 11.1.